The Morgan fingerprint density at radius 3 is 1.52 bits per heavy atom. The van der Waals surface area contributed by atoms with Crippen molar-refractivity contribution in [2.75, 3.05) is 13.2 Å². The largest absolute Gasteiger partial charge is 0.374 e. The Bertz CT molecular complexity index is 477. The lowest BCUT2D eigenvalue weighted by Crippen LogP contribution is -2.09. The van der Waals surface area contributed by atoms with Crippen molar-refractivity contribution in [3.63, 3.8) is 0 Å². The molecule has 1 heterocycles. The molecule has 2 aromatic carbocycles. The van der Waals surface area contributed by atoms with Crippen LogP contribution in [0.3, 0.4) is 0 Å². The number of hydrogen-bond donors (Lipinski definition) is 0. The topological polar surface area (TPSA) is 31.0 Å². The van der Waals surface area contributed by atoms with Crippen LogP contribution < -0.4 is 0 Å². The molecule has 1 aliphatic heterocycles. The van der Waals surface area contributed by atoms with E-state index in [9.17, 15) is 0 Å². The van der Waals surface area contributed by atoms with Gasteiger partial charge in [-0.15, -0.1) is 0 Å². The standard InChI is InChI=1S/C18H20O3/c1-3-7-15(8-4-1)11-19-13-17-18(21-17)14-20-12-16-9-5-2-6-10-16/h1-10,17-18H,11-14H2. The lowest BCUT2D eigenvalue weighted by Gasteiger charge is -2.03. The number of epoxide rings is 1. The Hall–Kier alpha value is -1.68. The maximum Gasteiger partial charge on any atom is 0.110 e. The van der Waals surface area contributed by atoms with Crippen molar-refractivity contribution in [1.29, 1.82) is 0 Å². The summed E-state index contributed by atoms with van der Waals surface area (Å²) in [6.45, 7) is 2.54. The van der Waals surface area contributed by atoms with E-state index in [0.717, 1.165) is 0 Å². The van der Waals surface area contributed by atoms with Gasteiger partial charge in [-0.2, -0.15) is 0 Å². The van der Waals surface area contributed by atoms with Crippen LogP contribution in [0, 0.1) is 0 Å². The van der Waals surface area contributed by atoms with Crippen LogP contribution in [0.2, 0.25) is 0 Å². The van der Waals surface area contributed by atoms with Crippen LogP contribution in [0.4, 0.5) is 0 Å². The summed E-state index contributed by atoms with van der Waals surface area (Å²) in [4.78, 5) is 0. The smallest absolute Gasteiger partial charge is 0.110 e. The van der Waals surface area contributed by atoms with Gasteiger partial charge in [-0.25, -0.2) is 0 Å². The third-order valence-corrected chi connectivity index (χ3v) is 3.47. The second-order valence-corrected chi connectivity index (χ2v) is 5.21. The molecule has 3 nitrogen and oxygen atoms in total. The van der Waals surface area contributed by atoms with E-state index >= 15 is 0 Å². The third-order valence-electron chi connectivity index (χ3n) is 3.47. The molecular weight excluding hydrogens is 264 g/mol. The molecule has 110 valence electrons. The minimum absolute atomic E-state index is 0.185. The van der Waals surface area contributed by atoms with Gasteiger partial charge in [0.05, 0.1) is 26.4 Å². The Labute approximate surface area is 125 Å². The highest BCUT2D eigenvalue weighted by atomic mass is 16.6. The van der Waals surface area contributed by atoms with Gasteiger partial charge in [0.1, 0.15) is 12.2 Å². The molecule has 3 heteroatoms. The zero-order chi connectivity index (χ0) is 14.3. The highest BCUT2D eigenvalue weighted by molar-refractivity contribution is 5.14. The summed E-state index contributed by atoms with van der Waals surface area (Å²) >= 11 is 0. The molecule has 0 spiro atoms. The van der Waals surface area contributed by atoms with E-state index in [4.69, 9.17) is 14.2 Å². The van der Waals surface area contributed by atoms with Crippen LogP contribution in [-0.2, 0) is 27.4 Å². The molecule has 2 aromatic rings. The normalized spacial score (nSPS) is 20.4. The van der Waals surface area contributed by atoms with Gasteiger partial charge in [-0.05, 0) is 11.1 Å². The summed E-state index contributed by atoms with van der Waals surface area (Å²) in [7, 11) is 0. The van der Waals surface area contributed by atoms with Crippen LogP contribution >= 0.6 is 0 Å². The molecule has 0 N–H and O–H groups in total. The number of rotatable bonds is 8. The van der Waals surface area contributed by atoms with Gasteiger partial charge in [0.2, 0.25) is 0 Å². The molecule has 0 bridgehead atoms. The molecule has 0 aromatic heterocycles. The van der Waals surface area contributed by atoms with Gasteiger partial charge in [0, 0.05) is 0 Å². The fourth-order valence-corrected chi connectivity index (χ4v) is 2.21. The fraction of sp³-hybridized carbons (Fsp3) is 0.333. The minimum Gasteiger partial charge on any atom is -0.374 e. The number of benzene rings is 2. The van der Waals surface area contributed by atoms with Crippen LogP contribution in [0.1, 0.15) is 11.1 Å². The highest BCUT2D eigenvalue weighted by Gasteiger charge is 2.38. The van der Waals surface area contributed by atoms with Gasteiger partial charge < -0.3 is 14.2 Å². The molecule has 1 aliphatic rings. The van der Waals surface area contributed by atoms with Gasteiger partial charge >= 0.3 is 0 Å². The molecule has 0 saturated carbocycles. The zero-order valence-corrected chi connectivity index (χ0v) is 12.0. The average molecular weight is 284 g/mol. The van der Waals surface area contributed by atoms with Crippen LogP contribution in [0.25, 0.3) is 0 Å². The predicted molar refractivity (Wildman–Crippen MR) is 80.9 cm³/mol. The maximum atomic E-state index is 5.66. The summed E-state index contributed by atoms with van der Waals surface area (Å²) in [5, 5.41) is 0. The second kappa shape index (κ2) is 7.36. The first-order valence-corrected chi connectivity index (χ1v) is 7.30. The van der Waals surface area contributed by atoms with Gasteiger partial charge in [-0.1, -0.05) is 60.7 Å². The monoisotopic (exact) mass is 284 g/mol. The molecule has 2 atom stereocenters. The maximum absolute atomic E-state index is 5.66. The lowest BCUT2D eigenvalue weighted by atomic mass is 10.2. The lowest BCUT2D eigenvalue weighted by molar-refractivity contribution is 0.103. The Balaban J connectivity index is 1.27. The molecule has 1 fully saturated rings. The van der Waals surface area contributed by atoms with Crippen molar-refractivity contribution in [1.82, 2.24) is 0 Å². The molecular formula is C18H20O3. The number of ether oxygens (including phenoxy) is 3. The first-order chi connectivity index (χ1) is 10.4. The molecule has 2 unspecified atom stereocenters. The SMILES string of the molecule is c1ccc(COCC2OC2COCc2ccccc2)cc1. The van der Waals surface area contributed by atoms with Crippen LogP contribution in [0.15, 0.2) is 60.7 Å². The summed E-state index contributed by atoms with van der Waals surface area (Å²) < 4.78 is 16.9. The van der Waals surface area contributed by atoms with Crippen molar-refractivity contribution in [3.8, 4) is 0 Å². The van der Waals surface area contributed by atoms with E-state index in [0.29, 0.717) is 26.4 Å². The van der Waals surface area contributed by atoms with Crippen LogP contribution in [0.5, 0.6) is 0 Å². The van der Waals surface area contributed by atoms with Crippen molar-refractivity contribution in [2.45, 2.75) is 25.4 Å². The Morgan fingerprint density at radius 2 is 1.10 bits per heavy atom. The summed E-state index contributed by atoms with van der Waals surface area (Å²) in [6.07, 6.45) is 0.369. The quantitative estimate of drug-likeness (QED) is 0.698. The third kappa shape index (κ3) is 4.67. The summed E-state index contributed by atoms with van der Waals surface area (Å²) in [5.41, 5.74) is 2.38. The molecule has 1 saturated heterocycles. The Kier molecular flexibility index (Phi) is 5.00. The molecule has 0 amide bonds. The van der Waals surface area contributed by atoms with Gasteiger partial charge in [0.15, 0.2) is 0 Å². The van der Waals surface area contributed by atoms with E-state index < -0.39 is 0 Å². The predicted octanol–water partition coefficient (Wildman–Crippen LogP) is 3.19. The van der Waals surface area contributed by atoms with E-state index in [1.807, 2.05) is 36.4 Å². The second-order valence-electron chi connectivity index (χ2n) is 5.21. The Morgan fingerprint density at radius 1 is 0.667 bits per heavy atom. The van der Waals surface area contributed by atoms with Crippen LogP contribution in [-0.4, -0.2) is 25.4 Å². The van der Waals surface area contributed by atoms with Crippen molar-refractivity contribution >= 4 is 0 Å². The summed E-state index contributed by atoms with van der Waals surface area (Å²) in [6, 6.07) is 20.4. The zero-order valence-electron chi connectivity index (χ0n) is 12.0. The van der Waals surface area contributed by atoms with Gasteiger partial charge in [-0.3, -0.25) is 0 Å². The molecule has 0 aliphatic carbocycles. The molecule has 3 rings (SSSR count). The summed E-state index contributed by atoms with van der Waals surface area (Å²) in [5.74, 6) is 0. The molecule has 0 radical (unpaired) electrons. The van der Waals surface area contributed by atoms with Crippen molar-refractivity contribution in [3.05, 3.63) is 71.8 Å². The van der Waals surface area contributed by atoms with E-state index in [1.54, 1.807) is 0 Å². The molecule has 21 heavy (non-hydrogen) atoms. The highest BCUT2D eigenvalue weighted by Crippen LogP contribution is 2.23. The van der Waals surface area contributed by atoms with E-state index in [1.165, 1.54) is 11.1 Å². The number of hydrogen-bond acceptors (Lipinski definition) is 3. The minimum atomic E-state index is 0.185. The van der Waals surface area contributed by atoms with E-state index in [2.05, 4.69) is 24.3 Å². The van der Waals surface area contributed by atoms with Gasteiger partial charge in [0.25, 0.3) is 0 Å². The van der Waals surface area contributed by atoms with Crippen molar-refractivity contribution < 1.29 is 14.2 Å². The first-order valence-electron chi connectivity index (χ1n) is 7.30. The first kappa shape index (κ1) is 14.3. The van der Waals surface area contributed by atoms with E-state index in [-0.39, 0.29) is 12.2 Å². The average Bonchev–Trinajstić information content (AvgIpc) is 3.28. The van der Waals surface area contributed by atoms with Crippen molar-refractivity contribution in [2.24, 2.45) is 0 Å². The fourth-order valence-electron chi connectivity index (χ4n) is 2.21.